The maximum absolute atomic E-state index is 10.1. The van der Waals surface area contributed by atoms with Crippen LogP contribution in [-0.2, 0) is 13.2 Å². The summed E-state index contributed by atoms with van der Waals surface area (Å²) in [6.07, 6.45) is 0. The number of aliphatic hydroxyl groups excluding tert-OH is 1. The van der Waals surface area contributed by atoms with E-state index in [0.29, 0.717) is 46.5 Å². The molecular weight excluding hydrogens is 396 g/mol. The number of hydrogen-bond acceptors (Lipinski definition) is 6. The first-order chi connectivity index (χ1) is 15.1. The Kier molecular flexibility index (Phi) is 7.26. The molecule has 0 unspecified atom stereocenters. The minimum Gasteiger partial charge on any atom is -0.492 e. The second kappa shape index (κ2) is 10.1. The quantitative estimate of drug-likeness (QED) is 0.534. The van der Waals surface area contributed by atoms with Gasteiger partial charge in [0.25, 0.3) is 0 Å². The van der Waals surface area contributed by atoms with E-state index in [-0.39, 0.29) is 6.61 Å². The Bertz CT molecular complexity index is 1030. The minimum atomic E-state index is -0.170. The standard InChI is InChI=1S/C25H28O6/c1-16-20(23(28-3)25(30-5)24(29-4)22(16)27-2)21-18(14-26)12-9-13-19(21)31-15-17-10-7-6-8-11-17/h6-13,26H,14-15H2,1-5H3. The van der Waals surface area contributed by atoms with Gasteiger partial charge in [-0.2, -0.15) is 0 Å². The fraction of sp³-hybridized carbons (Fsp3) is 0.280. The van der Waals surface area contributed by atoms with E-state index in [1.807, 2.05) is 55.5 Å². The average molecular weight is 424 g/mol. The summed E-state index contributed by atoms with van der Waals surface area (Å²) in [5.74, 6) is 2.46. The summed E-state index contributed by atoms with van der Waals surface area (Å²) in [5.41, 5.74) is 3.94. The summed E-state index contributed by atoms with van der Waals surface area (Å²) in [7, 11) is 6.24. The highest BCUT2D eigenvalue weighted by atomic mass is 16.5. The van der Waals surface area contributed by atoms with Crippen LogP contribution in [-0.4, -0.2) is 33.5 Å². The molecule has 0 bridgehead atoms. The molecule has 3 rings (SSSR count). The highest BCUT2D eigenvalue weighted by molar-refractivity contribution is 5.87. The van der Waals surface area contributed by atoms with Crippen molar-refractivity contribution in [1.29, 1.82) is 0 Å². The van der Waals surface area contributed by atoms with Crippen molar-refractivity contribution in [2.45, 2.75) is 20.1 Å². The molecule has 0 aliphatic carbocycles. The van der Waals surface area contributed by atoms with Gasteiger partial charge in [-0.15, -0.1) is 0 Å². The number of aliphatic hydroxyl groups is 1. The molecule has 0 amide bonds. The van der Waals surface area contributed by atoms with Crippen LogP contribution in [0.5, 0.6) is 28.7 Å². The lowest BCUT2D eigenvalue weighted by Gasteiger charge is -2.24. The van der Waals surface area contributed by atoms with Crippen molar-refractivity contribution in [2.75, 3.05) is 28.4 Å². The molecule has 6 heteroatoms. The Morgan fingerprint density at radius 3 is 1.87 bits per heavy atom. The van der Waals surface area contributed by atoms with Crippen LogP contribution in [0.1, 0.15) is 16.7 Å². The molecule has 1 N–H and O–H groups in total. The number of benzene rings is 3. The second-order valence-electron chi connectivity index (χ2n) is 6.86. The van der Waals surface area contributed by atoms with Crippen LogP contribution in [0, 0.1) is 6.92 Å². The molecule has 6 nitrogen and oxygen atoms in total. The zero-order valence-corrected chi connectivity index (χ0v) is 18.5. The first kappa shape index (κ1) is 22.3. The predicted octanol–water partition coefficient (Wildman–Crippen LogP) is 4.77. The lowest BCUT2D eigenvalue weighted by atomic mass is 9.92. The summed E-state index contributed by atoms with van der Waals surface area (Å²) in [6.45, 7) is 2.12. The van der Waals surface area contributed by atoms with Gasteiger partial charge in [-0.05, 0) is 24.1 Å². The van der Waals surface area contributed by atoms with Crippen molar-refractivity contribution in [2.24, 2.45) is 0 Å². The third kappa shape index (κ3) is 4.25. The Balaban J connectivity index is 2.26. The second-order valence-corrected chi connectivity index (χ2v) is 6.86. The molecular formula is C25H28O6. The van der Waals surface area contributed by atoms with E-state index >= 15 is 0 Å². The van der Waals surface area contributed by atoms with Crippen LogP contribution in [0.25, 0.3) is 11.1 Å². The zero-order chi connectivity index (χ0) is 22.4. The van der Waals surface area contributed by atoms with Crippen molar-refractivity contribution in [1.82, 2.24) is 0 Å². The van der Waals surface area contributed by atoms with Gasteiger partial charge >= 0.3 is 0 Å². The molecule has 0 aromatic heterocycles. The Morgan fingerprint density at radius 1 is 0.677 bits per heavy atom. The Hall–Kier alpha value is -3.38. The van der Waals surface area contributed by atoms with E-state index in [1.165, 1.54) is 0 Å². The van der Waals surface area contributed by atoms with Crippen molar-refractivity contribution in [3.05, 3.63) is 65.2 Å². The Labute approximate surface area is 182 Å². The molecule has 164 valence electrons. The van der Waals surface area contributed by atoms with Gasteiger partial charge in [0.1, 0.15) is 12.4 Å². The van der Waals surface area contributed by atoms with Crippen LogP contribution in [0.2, 0.25) is 0 Å². The maximum atomic E-state index is 10.1. The molecule has 0 fully saturated rings. The summed E-state index contributed by atoms with van der Waals surface area (Å²) in [5, 5.41) is 10.1. The molecule has 3 aromatic rings. The van der Waals surface area contributed by atoms with Crippen molar-refractivity contribution in [3.63, 3.8) is 0 Å². The first-order valence-corrected chi connectivity index (χ1v) is 9.87. The van der Waals surface area contributed by atoms with Crippen LogP contribution < -0.4 is 23.7 Å². The van der Waals surface area contributed by atoms with Gasteiger partial charge in [-0.1, -0.05) is 42.5 Å². The number of hydrogen-bond donors (Lipinski definition) is 1. The van der Waals surface area contributed by atoms with Gasteiger partial charge in [-0.3, -0.25) is 0 Å². The minimum absolute atomic E-state index is 0.170. The number of rotatable bonds is 9. The normalized spacial score (nSPS) is 10.5. The molecule has 0 saturated carbocycles. The lowest BCUT2D eigenvalue weighted by molar-refractivity contribution is 0.278. The van der Waals surface area contributed by atoms with Crippen LogP contribution in [0.15, 0.2) is 48.5 Å². The first-order valence-electron chi connectivity index (χ1n) is 9.87. The van der Waals surface area contributed by atoms with Gasteiger partial charge in [-0.25, -0.2) is 0 Å². The molecule has 0 aliphatic rings. The van der Waals surface area contributed by atoms with E-state index in [1.54, 1.807) is 28.4 Å². The average Bonchev–Trinajstić information content (AvgIpc) is 2.82. The molecule has 0 atom stereocenters. The van der Waals surface area contributed by atoms with Crippen LogP contribution in [0.3, 0.4) is 0 Å². The lowest BCUT2D eigenvalue weighted by Crippen LogP contribution is -2.05. The molecule has 31 heavy (non-hydrogen) atoms. The van der Waals surface area contributed by atoms with E-state index in [4.69, 9.17) is 23.7 Å². The topological polar surface area (TPSA) is 66.4 Å². The van der Waals surface area contributed by atoms with Crippen molar-refractivity contribution >= 4 is 0 Å². The van der Waals surface area contributed by atoms with E-state index in [0.717, 1.165) is 16.7 Å². The summed E-state index contributed by atoms with van der Waals surface area (Å²) in [6, 6.07) is 15.5. The fourth-order valence-electron chi connectivity index (χ4n) is 3.73. The highest BCUT2D eigenvalue weighted by Gasteiger charge is 2.29. The van der Waals surface area contributed by atoms with Gasteiger partial charge in [0.15, 0.2) is 11.5 Å². The summed E-state index contributed by atoms with van der Waals surface area (Å²) in [4.78, 5) is 0. The number of ether oxygens (including phenoxy) is 5. The molecule has 0 radical (unpaired) electrons. The highest BCUT2D eigenvalue weighted by Crippen LogP contribution is 2.54. The van der Waals surface area contributed by atoms with E-state index in [9.17, 15) is 5.11 Å². The number of methoxy groups -OCH3 is 4. The van der Waals surface area contributed by atoms with Gasteiger partial charge in [0.05, 0.1) is 35.0 Å². The maximum Gasteiger partial charge on any atom is 0.207 e. The largest absolute Gasteiger partial charge is 0.492 e. The third-order valence-corrected chi connectivity index (χ3v) is 5.15. The molecule has 0 spiro atoms. The predicted molar refractivity (Wildman–Crippen MR) is 120 cm³/mol. The van der Waals surface area contributed by atoms with Crippen LogP contribution in [0.4, 0.5) is 0 Å². The molecule has 0 aliphatic heterocycles. The van der Waals surface area contributed by atoms with Gasteiger partial charge < -0.3 is 28.8 Å². The monoisotopic (exact) mass is 424 g/mol. The van der Waals surface area contributed by atoms with Crippen molar-refractivity contribution in [3.8, 4) is 39.9 Å². The summed E-state index contributed by atoms with van der Waals surface area (Å²) >= 11 is 0. The smallest absolute Gasteiger partial charge is 0.207 e. The SMILES string of the molecule is COc1c(C)c(-c2c(CO)cccc2OCc2ccccc2)c(OC)c(OC)c1OC. The molecule has 3 aromatic carbocycles. The summed E-state index contributed by atoms with van der Waals surface area (Å²) < 4.78 is 28.8. The fourth-order valence-corrected chi connectivity index (χ4v) is 3.73. The molecule has 0 saturated heterocycles. The van der Waals surface area contributed by atoms with E-state index in [2.05, 4.69) is 0 Å². The zero-order valence-electron chi connectivity index (χ0n) is 18.5. The van der Waals surface area contributed by atoms with Crippen molar-refractivity contribution < 1.29 is 28.8 Å². The third-order valence-electron chi connectivity index (χ3n) is 5.15. The van der Waals surface area contributed by atoms with Crippen LogP contribution >= 0.6 is 0 Å². The van der Waals surface area contributed by atoms with E-state index < -0.39 is 0 Å². The Morgan fingerprint density at radius 2 is 1.29 bits per heavy atom. The van der Waals surface area contributed by atoms with Gasteiger partial charge in [0, 0.05) is 16.7 Å². The molecule has 0 heterocycles. The van der Waals surface area contributed by atoms with Gasteiger partial charge in [0.2, 0.25) is 11.5 Å².